The van der Waals surface area contributed by atoms with Crippen molar-refractivity contribution in [1.29, 1.82) is 5.41 Å². The van der Waals surface area contributed by atoms with E-state index < -0.39 is 0 Å². The maximum absolute atomic E-state index is 8.86. The predicted octanol–water partition coefficient (Wildman–Crippen LogP) is 5.18. The zero-order valence-corrected chi connectivity index (χ0v) is 17.9. The van der Waals surface area contributed by atoms with Crippen LogP contribution in [0, 0.1) is 16.7 Å². The van der Waals surface area contributed by atoms with E-state index in [1.54, 1.807) is 0 Å². The fourth-order valence-corrected chi connectivity index (χ4v) is 6.03. The summed E-state index contributed by atoms with van der Waals surface area (Å²) < 4.78 is 0. The Bertz CT molecular complexity index is 768. The average molecular weight is 381 g/mol. The van der Waals surface area contributed by atoms with Gasteiger partial charge in [0.1, 0.15) is 5.71 Å². The fraction of sp³-hybridized carbons (Fsp3) is 0.708. The molecule has 0 aromatic carbocycles. The van der Waals surface area contributed by atoms with Gasteiger partial charge in [0.2, 0.25) is 0 Å². The molecule has 1 N–H and O–H groups in total. The van der Waals surface area contributed by atoms with Crippen LogP contribution in [0.3, 0.4) is 0 Å². The Morgan fingerprint density at radius 3 is 2.89 bits per heavy atom. The zero-order chi connectivity index (χ0) is 19.7. The second-order valence-electron chi connectivity index (χ2n) is 9.68. The number of likely N-dealkylation sites (tertiary alicyclic amines) is 1. The van der Waals surface area contributed by atoms with Crippen molar-refractivity contribution in [1.82, 2.24) is 14.9 Å². The number of nitrogens with zero attached hydrogens (tertiary/aromatic N) is 3. The Morgan fingerprint density at radius 2 is 2.11 bits per heavy atom. The van der Waals surface area contributed by atoms with Gasteiger partial charge in [0, 0.05) is 17.9 Å². The molecule has 152 valence electrons. The van der Waals surface area contributed by atoms with Crippen LogP contribution in [-0.2, 0) is 6.42 Å². The van der Waals surface area contributed by atoms with Gasteiger partial charge in [0.25, 0.3) is 0 Å². The van der Waals surface area contributed by atoms with Gasteiger partial charge in [-0.15, -0.1) is 0 Å². The van der Waals surface area contributed by atoms with Gasteiger partial charge in [0.15, 0.2) is 5.82 Å². The average Bonchev–Trinajstić information content (AvgIpc) is 3.11. The highest BCUT2D eigenvalue weighted by atomic mass is 15.1. The molecule has 0 amide bonds. The Kier molecular flexibility index (Phi) is 5.69. The van der Waals surface area contributed by atoms with E-state index in [1.165, 1.54) is 62.6 Å². The molecular formula is C24H36N4. The van der Waals surface area contributed by atoms with E-state index >= 15 is 0 Å². The van der Waals surface area contributed by atoms with E-state index in [4.69, 9.17) is 10.4 Å². The quantitative estimate of drug-likeness (QED) is 0.716. The van der Waals surface area contributed by atoms with Crippen LogP contribution in [-0.4, -0.2) is 40.2 Å². The topological polar surface area (TPSA) is 52.9 Å². The van der Waals surface area contributed by atoms with Gasteiger partial charge in [-0.05, 0) is 94.9 Å². The highest BCUT2D eigenvalue weighted by Crippen LogP contribution is 2.52. The Hall–Kier alpha value is -1.55. The molecule has 1 saturated carbocycles. The van der Waals surface area contributed by atoms with Crippen molar-refractivity contribution in [2.24, 2.45) is 11.3 Å². The largest absolute Gasteiger partial charge is 0.303 e. The normalized spacial score (nSPS) is 31.1. The maximum Gasteiger partial charge on any atom is 0.177 e. The van der Waals surface area contributed by atoms with Crippen molar-refractivity contribution in [2.45, 2.75) is 84.1 Å². The first-order valence-electron chi connectivity index (χ1n) is 11.3. The maximum atomic E-state index is 8.86. The molecule has 3 atom stereocenters. The number of allylic oxidation sites excluding steroid dienone is 2. The van der Waals surface area contributed by atoms with E-state index in [1.807, 2.05) is 12.3 Å². The van der Waals surface area contributed by atoms with E-state index in [0.717, 1.165) is 25.0 Å². The van der Waals surface area contributed by atoms with E-state index in [0.29, 0.717) is 28.9 Å². The summed E-state index contributed by atoms with van der Waals surface area (Å²) in [4.78, 5) is 11.8. The van der Waals surface area contributed by atoms with Crippen molar-refractivity contribution < 1.29 is 0 Å². The fourth-order valence-electron chi connectivity index (χ4n) is 6.03. The second-order valence-corrected chi connectivity index (χ2v) is 9.68. The first kappa shape index (κ1) is 19.8. The van der Waals surface area contributed by atoms with Crippen molar-refractivity contribution in [3.05, 3.63) is 34.9 Å². The van der Waals surface area contributed by atoms with Gasteiger partial charge in [-0.25, -0.2) is 9.97 Å². The highest BCUT2D eigenvalue weighted by Gasteiger charge is 2.41. The third-order valence-electron chi connectivity index (χ3n) is 7.92. The van der Waals surface area contributed by atoms with Crippen LogP contribution >= 0.6 is 0 Å². The molecular weight excluding hydrogens is 344 g/mol. The number of aromatic nitrogens is 2. The third-order valence-corrected chi connectivity index (χ3v) is 7.92. The molecule has 2 aliphatic carbocycles. The molecule has 2 fully saturated rings. The number of hydrogen-bond acceptors (Lipinski definition) is 4. The molecule has 4 heteroatoms. The molecule has 1 aromatic rings. The molecule has 2 heterocycles. The van der Waals surface area contributed by atoms with E-state index in [-0.39, 0.29) is 0 Å². The van der Waals surface area contributed by atoms with Gasteiger partial charge in [-0.3, -0.25) is 5.41 Å². The Morgan fingerprint density at radius 1 is 1.25 bits per heavy atom. The standard InChI is InChI=1S/C24H36N4/c1-17-20(11-14-24(2)13-5-4-8-21(17)24)22(25)23-26-15-12-18(27-23)9-10-19-7-6-16-28(19)3/h12,15,19,21,25H,4-11,13-14,16H2,1-3H3/t19?,21-,24?/m1/s1. The molecule has 4 rings (SSSR count). The first-order valence-corrected chi connectivity index (χ1v) is 11.3. The number of fused-ring (bicyclic) bond motifs is 1. The van der Waals surface area contributed by atoms with E-state index in [2.05, 4.69) is 30.8 Å². The second kappa shape index (κ2) is 8.06. The minimum Gasteiger partial charge on any atom is -0.303 e. The zero-order valence-electron chi connectivity index (χ0n) is 17.9. The van der Waals surface area contributed by atoms with Crippen LogP contribution in [0.15, 0.2) is 23.4 Å². The predicted molar refractivity (Wildman–Crippen MR) is 115 cm³/mol. The van der Waals surface area contributed by atoms with Gasteiger partial charge >= 0.3 is 0 Å². The molecule has 0 spiro atoms. The lowest BCUT2D eigenvalue weighted by molar-refractivity contribution is 0.120. The van der Waals surface area contributed by atoms with Crippen LogP contribution in [0.1, 0.15) is 83.2 Å². The minimum absolute atomic E-state index is 0.447. The summed E-state index contributed by atoms with van der Waals surface area (Å²) >= 11 is 0. The van der Waals surface area contributed by atoms with Gasteiger partial charge in [0.05, 0.1) is 0 Å². The summed E-state index contributed by atoms with van der Waals surface area (Å²) in [5.41, 5.74) is 4.77. The van der Waals surface area contributed by atoms with Crippen LogP contribution in [0.5, 0.6) is 0 Å². The molecule has 0 bridgehead atoms. The molecule has 28 heavy (non-hydrogen) atoms. The molecule has 2 unspecified atom stereocenters. The van der Waals surface area contributed by atoms with Gasteiger partial charge in [-0.1, -0.05) is 25.3 Å². The van der Waals surface area contributed by atoms with Crippen molar-refractivity contribution >= 4 is 5.71 Å². The molecule has 1 saturated heterocycles. The van der Waals surface area contributed by atoms with Gasteiger partial charge < -0.3 is 4.90 Å². The number of rotatable bonds is 5. The van der Waals surface area contributed by atoms with Crippen LogP contribution < -0.4 is 0 Å². The van der Waals surface area contributed by atoms with Crippen molar-refractivity contribution in [3.8, 4) is 0 Å². The molecule has 4 nitrogen and oxygen atoms in total. The molecule has 3 aliphatic rings. The summed E-state index contributed by atoms with van der Waals surface area (Å²) in [6.45, 7) is 5.97. The molecule has 0 radical (unpaired) electrons. The SMILES string of the molecule is CC1=C(C(=N)c2nccc(CCC3CCCN3C)n2)CCC2(C)CCCC[C@H]12. The molecule has 1 aliphatic heterocycles. The third kappa shape index (κ3) is 3.80. The summed E-state index contributed by atoms with van der Waals surface area (Å²) in [5, 5.41) is 8.86. The monoisotopic (exact) mass is 380 g/mol. The highest BCUT2D eigenvalue weighted by molar-refractivity contribution is 6.08. The van der Waals surface area contributed by atoms with Crippen LogP contribution in [0.2, 0.25) is 0 Å². The van der Waals surface area contributed by atoms with Crippen LogP contribution in [0.25, 0.3) is 0 Å². The lowest BCUT2D eigenvalue weighted by atomic mass is 9.58. The lowest BCUT2D eigenvalue weighted by Gasteiger charge is -2.46. The smallest absolute Gasteiger partial charge is 0.177 e. The molecule has 1 aromatic heterocycles. The lowest BCUT2D eigenvalue weighted by Crippen LogP contribution is -2.36. The number of hydrogen-bond donors (Lipinski definition) is 1. The summed E-state index contributed by atoms with van der Waals surface area (Å²) in [5.74, 6) is 1.28. The summed E-state index contributed by atoms with van der Waals surface area (Å²) in [6.07, 6.45) is 14.2. The minimum atomic E-state index is 0.447. The van der Waals surface area contributed by atoms with Crippen molar-refractivity contribution in [2.75, 3.05) is 13.6 Å². The van der Waals surface area contributed by atoms with Crippen LogP contribution in [0.4, 0.5) is 0 Å². The number of nitrogens with one attached hydrogen (secondary N) is 1. The van der Waals surface area contributed by atoms with Gasteiger partial charge in [-0.2, -0.15) is 0 Å². The van der Waals surface area contributed by atoms with E-state index in [9.17, 15) is 0 Å². The Labute approximate surface area is 170 Å². The first-order chi connectivity index (χ1) is 13.5. The summed E-state index contributed by atoms with van der Waals surface area (Å²) in [6, 6.07) is 2.72. The Balaban J connectivity index is 1.49. The number of aryl methyl sites for hydroxylation is 1. The summed E-state index contributed by atoms with van der Waals surface area (Å²) in [7, 11) is 2.23. The van der Waals surface area contributed by atoms with Crippen molar-refractivity contribution in [3.63, 3.8) is 0 Å².